The molecule has 3 aromatic carbocycles. The van der Waals surface area contributed by atoms with Crippen LogP contribution in [0.25, 0.3) is 0 Å². The van der Waals surface area contributed by atoms with Gasteiger partial charge in [-0.3, -0.25) is 8.78 Å². The van der Waals surface area contributed by atoms with Gasteiger partial charge >= 0.3 is 0 Å². The van der Waals surface area contributed by atoms with Crippen molar-refractivity contribution in [2.45, 2.75) is 99.2 Å². The monoisotopic (exact) mass is 799 g/mol. The molecule has 0 aromatic heterocycles. The van der Waals surface area contributed by atoms with E-state index in [1.807, 2.05) is 82.3 Å². The summed E-state index contributed by atoms with van der Waals surface area (Å²) in [4.78, 5) is 0. The van der Waals surface area contributed by atoms with Gasteiger partial charge in [0.15, 0.2) is 0 Å². The van der Waals surface area contributed by atoms with Gasteiger partial charge < -0.3 is 0 Å². The van der Waals surface area contributed by atoms with Gasteiger partial charge in [0.25, 0.3) is 10.2 Å². The molecule has 0 atom stereocenters. The van der Waals surface area contributed by atoms with E-state index in [-0.39, 0.29) is 71.3 Å². The predicted molar refractivity (Wildman–Crippen MR) is 215 cm³/mol. The maximum Gasteiger partial charge on any atom is 0.299 e. The molecule has 0 amide bonds. The second-order valence-electron chi connectivity index (χ2n) is 6.56. The molecule has 0 N–H and O–H groups in total. The minimum atomic E-state index is -4.17. The van der Waals surface area contributed by atoms with E-state index in [4.69, 9.17) is 8.42 Å². The molecule has 0 fully saturated rings. The van der Waals surface area contributed by atoms with E-state index in [0.717, 1.165) is 16.7 Å². The zero-order valence-corrected chi connectivity index (χ0v) is 28.6. The molecule has 3 rings (SSSR count). The number of hydrogen-bond donors (Lipinski definition) is 0. The third-order valence-corrected chi connectivity index (χ3v) is 3.13. The number of alkyl halides is 9. The van der Waals surface area contributed by atoms with E-state index in [2.05, 4.69) is 0 Å². The van der Waals surface area contributed by atoms with Crippen molar-refractivity contribution < 1.29 is 51.8 Å². The summed E-state index contributed by atoms with van der Waals surface area (Å²) in [6.45, 7) is 4.74. The van der Waals surface area contributed by atoms with Crippen molar-refractivity contribution in [2.24, 2.45) is 0 Å². The zero-order chi connectivity index (χ0) is 37.5. The average molecular weight is 799 g/mol. The molecule has 0 bridgehead atoms. The predicted octanol–water partition coefficient (Wildman–Crippen LogP) is 15.7. The lowest BCUT2D eigenvalue weighted by atomic mass is 10.2. The van der Waals surface area contributed by atoms with Crippen LogP contribution in [0, 0.1) is 0 Å². The van der Waals surface area contributed by atoms with Crippen molar-refractivity contribution in [3.63, 3.8) is 0 Å². The SMILES string of the molecule is C.C.C.C.C.C.CC.CC.CCF.CF.CS(=O)(=O)F.FCCF.FCCF.FCc1ccccc1.FCc1ccccc1.FCc1ccccc1. The van der Waals surface area contributed by atoms with Gasteiger partial charge in [0, 0.05) is 0 Å². The minimum Gasteiger partial charge on any atom is -0.255 e. The fraction of sp³-hybridized carbons (Fsp3) is 0.538. The van der Waals surface area contributed by atoms with Gasteiger partial charge in [-0.25, -0.2) is 30.7 Å². The van der Waals surface area contributed by atoms with E-state index < -0.39 is 36.9 Å². The first-order chi connectivity index (χ1) is 22.0. The molecule has 2 nitrogen and oxygen atoms in total. The summed E-state index contributed by atoms with van der Waals surface area (Å²) >= 11 is 0. The maximum absolute atomic E-state index is 11.7. The Hall–Kier alpha value is -3.09. The first-order valence-electron chi connectivity index (χ1n) is 13.9. The van der Waals surface area contributed by atoms with Crippen LogP contribution >= 0.6 is 0 Å². The third kappa shape index (κ3) is 118. The van der Waals surface area contributed by atoms with Crippen molar-refractivity contribution in [2.75, 3.05) is 46.8 Å². The van der Waals surface area contributed by atoms with Crippen molar-refractivity contribution in [3.8, 4) is 0 Å². The number of rotatable bonds is 5. The molecule has 0 unspecified atom stereocenters. The van der Waals surface area contributed by atoms with Crippen LogP contribution in [0.2, 0.25) is 0 Å². The second-order valence-corrected chi connectivity index (χ2v) is 7.93. The molecule has 3 aromatic rings. The molecule has 0 heterocycles. The molecule has 52 heavy (non-hydrogen) atoms. The Bertz CT molecular complexity index is 833. The van der Waals surface area contributed by atoms with Gasteiger partial charge in [-0.2, -0.15) is 8.42 Å². The van der Waals surface area contributed by atoms with Crippen molar-refractivity contribution >= 4 is 10.2 Å². The molecule has 0 spiro atoms. The van der Waals surface area contributed by atoms with E-state index >= 15 is 0 Å². The standard InChI is InChI=1S/3C7H7F.2C2H4F2.C2H5F.2C2H6.CH3FO2S.CH3F.6CH4/c3*8-6-7-4-2-1-3-5-7;2*3-1-2-4;1-2-3;2*1-2;1-5(2,3)4;1-2;;;;;;/h3*1-5H,6H2;2*1-2H2;2H2,1H3;2*1-2H3;1H3;1H3;6*1H4. The smallest absolute Gasteiger partial charge is 0.255 e. The molecule has 0 aliphatic heterocycles. The lowest BCUT2D eigenvalue weighted by Gasteiger charge is -1.87. The highest BCUT2D eigenvalue weighted by Crippen LogP contribution is 1.99. The number of benzene rings is 3. The molecule has 0 saturated heterocycles. The summed E-state index contributed by atoms with van der Waals surface area (Å²) in [5.41, 5.74) is 2.23. The van der Waals surface area contributed by atoms with Crippen LogP contribution in [-0.4, -0.2) is 55.2 Å². The fourth-order valence-electron chi connectivity index (χ4n) is 1.70. The third-order valence-electron chi connectivity index (χ3n) is 3.13. The average Bonchev–Trinajstić information content (AvgIpc) is 3.12. The highest BCUT2D eigenvalue weighted by atomic mass is 32.3. The summed E-state index contributed by atoms with van der Waals surface area (Å²) in [6.07, 6.45) is 0.493. The Labute approximate surface area is 315 Å². The minimum absolute atomic E-state index is 0. The number of hydrogen-bond acceptors (Lipinski definition) is 2. The van der Waals surface area contributed by atoms with Crippen LogP contribution in [0.3, 0.4) is 0 Å². The van der Waals surface area contributed by atoms with Crippen molar-refractivity contribution in [1.82, 2.24) is 0 Å². The van der Waals surface area contributed by atoms with Crippen LogP contribution in [0.5, 0.6) is 0 Å². The molecular weight excluding hydrogens is 722 g/mol. The Morgan fingerprint density at radius 3 is 0.596 bits per heavy atom. The lowest BCUT2D eigenvalue weighted by molar-refractivity contribution is 0.380. The number of halogens is 10. The normalized spacial score (nSPS) is 7.17. The van der Waals surface area contributed by atoms with E-state index in [9.17, 15) is 43.4 Å². The van der Waals surface area contributed by atoms with Crippen LogP contribution in [0.15, 0.2) is 91.0 Å². The van der Waals surface area contributed by atoms with Gasteiger partial charge in [0.2, 0.25) is 0 Å². The second kappa shape index (κ2) is 86.5. The quantitative estimate of drug-likeness (QED) is 0.190. The summed E-state index contributed by atoms with van der Waals surface area (Å²) in [6, 6.07) is 27.2. The molecule has 320 valence electrons. The van der Waals surface area contributed by atoms with E-state index in [1.54, 1.807) is 36.4 Å². The Morgan fingerprint density at radius 2 is 0.538 bits per heavy atom. The van der Waals surface area contributed by atoms with Crippen LogP contribution in [0.1, 0.15) is 95.9 Å². The molecule has 0 aliphatic carbocycles. The summed E-state index contributed by atoms with van der Waals surface area (Å²) in [7, 11) is -3.67. The van der Waals surface area contributed by atoms with Gasteiger partial charge in [-0.1, -0.05) is 163 Å². The summed E-state index contributed by atoms with van der Waals surface area (Å²) < 4.78 is 125. The highest BCUT2D eigenvalue weighted by molar-refractivity contribution is 7.85. The zero-order valence-electron chi connectivity index (χ0n) is 27.8. The largest absolute Gasteiger partial charge is 0.299 e. The van der Waals surface area contributed by atoms with Crippen LogP contribution in [0.4, 0.5) is 43.4 Å². The maximum atomic E-state index is 11.7. The van der Waals surface area contributed by atoms with Gasteiger partial charge in [0.05, 0.1) is 20.1 Å². The van der Waals surface area contributed by atoms with Crippen LogP contribution < -0.4 is 0 Å². The summed E-state index contributed by atoms with van der Waals surface area (Å²) in [5, 5.41) is 0. The molecule has 13 heteroatoms. The molecule has 0 radical (unpaired) electrons. The Kier molecular flexibility index (Phi) is 145. The first kappa shape index (κ1) is 87.1. The van der Waals surface area contributed by atoms with Gasteiger partial charge in [-0.05, 0) is 23.6 Å². The highest BCUT2D eigenvalue weighted by Gasteiger charge is 1.86. The molecule has 0 aliphatic rings. The van der Waals surface area contributed by atoms with Crippen molar-refractivity contribution in [3.05, 3.63) is 108 Å². The Morgan fingerprint density at radius 1 is 0.423 bits per heavy atom. The topological polar surface area (TPSA) is 34.1 Å². The first-order valence-corrected chi connectivity index (χ1v) is 15.7. The molecule has 0 saturated carbocycles. The van der Waals surface area contributed by atoms with E-state index in [1.165, 1.54) is 6.92 Å². The van der Waals surface area contributed by atoms with Crippen molar-refractivity contribution in [1.29, 1.82) is 0 Å². The lowest BCUT2D eigenvalue weighted by Crippen LogP contribution is -1.78. The molecular formula is C39H76F10O2S. The summed E-state index contributed by atoms with van der Waals surface area (Å²) in [5.74, 6) is 0. The van der Waals surface area contributed by atoms with E-state index in [0.29, 0.717) is 13.4 Å². The Balaban J connectivity index is -0.0000000304. The van der Waals surface area contributed by atoms with Gasteiger partial charge in [0.1, 0.15) is 46.7 Å². The van der Waals surface area contributed by atoms with Gasteiger partial charge in [-0.15, -0.1) is 3.89 Å². The van der Waals surface area contributed by atoms with Crippen LogP contribution in [-0.2, 0) is 30.2 Å². The fourth-order valence-corrected chi connectivity index (χ4v) is 1.70.